The second kappa shape index (κ2) is 13.7. The van der Waals surface area contributed by atoms with Gasteiger partial charge in [-0.3, -0.25) is 14.4 Å². The van der Waals surface area contributed by atoms with E-state index in [2.05, 4.69) is 4.98 Å². The molecule has 3 unspecified atom stereocenters. The Morgan fingerprint density at radius 2 is 1.80 bits per heavy atom. The average molecular weight is 643 g/mol. The zero-order valence-electron chi connectivity index (χ0n) is 25.3. The molecule has 0 fully saturated rings. The van der Waals surface area contributed by atoms with Gasteiger partial charge in [-0.05, 0) is 61.0 Å². The van der Waals surface area contributed by atoms with Crippen LogP contribution in [0.4, 0.5) is 0 Å². The predicted molar refractivity (Wildman–Crippen MR) is 171 cm³/mol. The van der Waals surface area contributed by atoms with Crippen LogP contribution in [0.1, 0.15) is 60.4 Å². The number of aryl methyl sites for hydroxylation is 1. The molecule has 11 heteroatoms. The van der Waals surface area contributed by atoms with E-state index in [1.54, 1.807) is 16.2 Å². The second-order valence-electron chi connectivity index (χ2n) is 11.6. The number of para-hydroxylation sites is 2. The van der Waals surface area contributed by atoms with Crippen LogP contribution in [-0.4, -0.2) is 44.0 Å². The van der Waals surface area contributed by atoms with Gasteiger partial charge in [0.1, 0.15) is 12.1 Å². The largest absolute Gasteiger partial charge is 0.481 e. The first-order valence-corrected chi connectivity index (χ1v) is 16.0. The number of benzene rings is 3. The number of thiophene rings is 1. The molecule has 1 amide bonds. The lowest BCUT2D eigenvalue weighted by Gasteiger charge is -2.36. The van der Waals surface area contributed by atoms with E-state index in [-0.39, 0.29) is 18.5 Å². The van der Waals surface area contributed by atoms with E-state index in [1.165, 1.54) is 0 Å². The van der Waals surface area contributed by atoms with Crippen molar-refractivity contribution >= 4 is 50.4 Å². The average Bonchev–Trinajstić information content (AvgIpc) is 3.78. The van der Waals surface area contributed by atoms with Crippen molar-refractivity contribution in [3.63, 3.8) is 0 Å². The Balaban J connectivity index is 1.31. The summed E-state index contributed by atoms with van der Waals surface area (Å²) >= 11 is 1.58. The van der Waals surface area contributed by atoms with Crippen molar-refractivity contribution in [3.05, 3.63) is 94.7 Å². The molecule has 0 saturated heterocycles. The summed E-state index contributed by atoms with van der Waals surface area (Å²) in [4.78, 5) is 55.3. The summed E-state index contributed by atoms with van der Waals surface area (Å²) in [6.45, 7) is 2.57. The second-order valence-corrected chi connectivity index (χ2v) is 12.8. The number of carbonyl (C=O) groups excluding carboxylic acids is 1. The van der Waals surface area contributed by atoms with Gasteiger partial charge in [0, 0.05) is 39.9 Å². The Labute approximate surface area is 269 Å². The van der Waals surface area contributed by atoms with Crippen molar-refractivity contribution in [3.8, 4) is 5.75 Å². The summed E-state index contributed by atoms with van der Waals surface area (Å²) in [6, 6.07) is 23.1. The number of fused-ring (bicyclic) bond motifs is 3. The fourth-order valence-electron chi connectivity index (χ4n) is 6.09. The van der Waals surface area contributed by atoms with E-state index >= 15 is 0 Å². The lowest BCUT2D eigenvalue weighted by molar-refractivity contribution is -0.194. The first kappa shape index (κ1) is 31.3. The molecule has 10 nitrogen and oxygen atoms in total. The number of aliphatic carboxylic acids is 2. The quantitative estimate of drug-likeness (QED) is 0.123. The molecule has 0 bridgehead atoms. The van der Waals surface area contributed by atoms with Crippen molar-refractivity contribution < 1.29 is 38.8 Å². The van der Waals surface area contributed by atoms with Gasteiger partial charge in [-0.15, -0.1) is 11.3 Å². The number of hydrogen-bond acceptors (Lipinski definition) is 8. The fraction of sp³-hybridized carbons (Fsp3) is 0.314. The minimum atomic E-state index is -1.34. The molecule has 238 valence electrons. The van der Waals surface area contributed by atoms with Gasteiger partial charge in [0.2, 0.25) is 5.91 Å². The molecule has 0 aliphatic carbocycles. The molecule has 1 aliphatic heterocycles. The highest BCUT2D eigenvalue weighted by atomic mass is 32.1. The summed E-state index contributed by atoms with van der Waals surface area (Å²) in [6.07, 6.45) is 0.896. The van der Waals surface area contributed by atoms with Gasteiger partial charge in [-0.1, -0.05) is 42.5 Å². The van der Waals surface area contributed by atoms with Crippen molar-refractivity contribution in [1.82, 2.24) is 9.88 Å². The minimum Gasteiger partial charge on any atom is -0.481 e. The molecular weight excluding hydrogens is 608 g/mol. The Morgan fingerprint density at radius 3 is 2.59 bits per heavy atom. The molecule has 3 aromatic carbocycles. The summed E-state index contributed by atoms with van der Waals surface area (Å²) < 4.78 is 7.03. The number of oxazole rings is 1. The standard InChI is InChI=1S/C35H34N2O8S/c1-21(37(33(38)17-25(35(41)42)18-34(39)40)19-26-15-23-7-2-5-11-31(23)46-26)27(22-13-14-24-20-43-45-30(24)16-22)8-6-12-32-36-28-9-3-4-10-29(28)44-32/h2-5,7,9-11,13-16,21,25,27H,6,8,12,17-20H2,1H3,(H,39,40)(H,41,42). The van der Waals surface area contributed by atoms with E-state index in [1.807, 2.05) is 79.7 Å². The molecule has 6 rings (SSSR count). The van der Waals surface area contributed by atoms with Crippen molar-refractivity contribution in [2.45, 2.75) is 64.1 Å². The smallest absolute Gasteiger partial charge is 0.307 e. The molecule has 0 saturated carbocycles. The van der Waals surface area contributed by atoms with Gasteiger partial charge >= 0.3 is 11.9 Å². The topological polar surface area (TPSA) is 139 Å². The third kappa shape index (κ3) is 7.05. The van der Waals surface area contributed by atoms with Gasteiger partial charge in [0.05, 0.1) is 18.9 Å². The van der Waals surface area contributed by atoms with Crippen LogP contribution in [0.15, 0.2) is 77.2 Å². The van der Waals surface area contributed by atoms with Crippen LogP contribution >= 0.6 is 11.3 Å². The van der Waals surface area contributed by atoms with Gasteiger partial charge in [-0.25, -0.2) is 4.98 Å². The maximum Gasteiger partial charge on any atom is 0.307 e. The zero-order chi connectivity index (χ0) is 32.2. The van der Waals surface area contributed by atoms with Crippen LogP contribution in [0, 0.1) is 5.92 Å². The maximum absolute atomic E-state index is 14.0. The van der Waals surface area contributed by atoms with Crippen molar-refractivity contribution in [2.24, 2.45) is 5.92 Å². The van der Waals surface area contributed by atoms with Crippen LogP contribution in [-0.2, 0) is 38.8 Å². The highest BCUT2D eigenvalue weighted by Crippen LogP contribution is 2.37. The Kier molecular flexibility index (Phi) is 9.32. The van der Waals surface area contributed by atoms with Gasteiger partial charge in [-0.2, -0.15) is 4.89 Å². The Hall–Kier alpha value is -4.74. The monoisotopic (exact) mass is 642 g/mol. The van der Waals surface area contributed by atoms with Crippen molar-refractivity contribution in [1.29, 1.82) is 0 Å². The van der Waals surface area contributed by atoms with Gasteiger partial charge in [0.25, 0.3) is 0 Å². The van der Waals surface area contributed by atoms with E-state index in [0.717, 1.165) is 37.2 Å². The summed E-state index contributed by atoms with van der Waals surface area (Å²) in [5.74, 6) is -3.25. The number of carbonyl (C=O) groups is 3. The molecule has 5 aromatic rings. The zero-order valence-corrected chi connectivity index (χ0v) is 26.1. The Bertz CT molecular complexity index is 1810. The third-order valence-electron chi connectivity index (χ3n) is 8.51. The molecule has 46 heavy (non-hydrogen) atoms. The molecule has 1 aliphatic rings. The molecule has 2 aromatic heterocycles. The first-order chi connectivity index (χ1) is 22.2. The summed E-state index contributed by atoms with van der Waals surface area (Å²) in [7, 11) is 0. The highest BCUT2D eigenvalue weighted by Gasteiger charge is 2.33. The summed E-state index contributed by atoms with van der Waals surface area (Å²) in [5.41, 5.74) is 3.40. The third-order valence-corrected chi connectivity index (χ3v) is 9.62. The van der Waals surface area contributed by atoms with Crippen LogP contribution in [0.2, 0.25) is 0 Å². The first-order valence-electron chi connectivity index (χ1n) is 15.2. The van der Waals surface area contributed by atoms with Gasteiger partial charge < -0.3 is 24.4 Å². The number of hydrogen-bond donors (Lipinski definition) is 2. The molecular formula is C35H34N2O8S. The maximum atomic E-state index is 14.0. The number of nitrogens with zero attached hydrogens (tertiary/aromatic N) is 2. The normalized spacial score (nSPS) is 14.5. The molecule has 2 N–H and O–H groups in total. The highest BCUT2D eigenvalue weighted by molar-refractivity contribution is 7.19. The number of carboxylic acids is 2. The Morgan fingerprint density at radius 1 is 1.00 bits per heavy atom. The van der Waals surface area contributed by atoms with Crippen LogP contribution in [0.25, 0.3) is 21.2 Å². The lowest BCUT2D eigenvalue weighted by Crippen LogP contribution is -2.43. The van der Waals surface area contributed by atoms with Gasteiger partial charge in [0.15, 0.2) is 17.2 Å². The molecule has 0 spiro atoms. The predicted octanol–water partition coefficient (Wildman–Crippen LogP) is 6.96. The lowest BCUT2D eigenvalue weighted by atomic mass is 9.85. The number of carboxylic acid groups (broad SMARTS) is 2. The van der Waals surface area contributed by atoms with Crippen LogP contribution in [0.5, 0.6) is 5.75 Å². The SMILES string of the molecule is CC(C(CCCc1nc2ccccc2o1)c1ccc2c(c1)OOC2)N(Cc1cc2ccccc2s1)C(=O)CC(CC(=O)O)C(=O)O. The number of aromatic nitrogens is 1. The number of amides is 1. The van der Waals surface area contributed by atoms with E-state index in [0.29, 0.717) is 37.5 Å². The minimum absolute atomic E-state index is 0.181. The summed E-state index contributed by atoms with van der Waals surface area (Å²) in [5, 5.41) is 20.2. The fourth-order valence-corrected chi connectivity index (χ4v) is 7.15. The number of rotatable bonds is 14. The molecule has 3 heterocycles. The molecule has 0 radical (unpaired) electrons. The van der Waals surface area contributed by atoms with E-state index in [4.69, 9.17) is 14.2 Å². The van der Waals surface area contributed by atoms with Crippen molar-refractivity contribution in [2.75, 3.05) is 0 Å². The van der Waals surface area contributed by atoms with Crippen LogP contribution < -0.4 is 4.89 Å². The van der Waals surface area contributed by atoms with E-state index < -0.39 is 36.6 Å². The van der Waals surface area contributed by atoms with E-state index in [9.17, 15) is 24.6 Å². The van der Waals surface area contributed by atoms with Crippen LogP contribution in [0.3, 0.4) is 0 Å². The molecule has 3 atom stereocenters.